The zero-order valence-electron chi connectivity index (χ0n) is 15.7. The fourth-order valence-corrected chi connectivity index (χ4v) is 6.98. The summed E-state index contributed by atoms with van der Waals surface area (Å²) in [5.41, 5.74) is -4.01. The molecule has 0 radical (unpaired) electrons. The summed E-state index contributed by atoms with van der Waals surface area (Å²) in [4.78, 5) is 25.6. The first-order valence-electron chi connectivity index (χ1n) is 9.54. The van der Waals surface area contributed by atoms with Crippen molar-refractivity contribution in [3.05, 3.63) is 12.2 Å². The van der Waals surface area contributed by atoms with Crippen LogP contribution in [0.25, 0.3) is 0 Å². The van der Waals surface area contributed by atoms with Crippen LogP contribution < -0.4 is 0 Å². The number of aliphatic hydroxyl groups is 3. The van der Waals surface area contributed by atoms with Gasteiger partial charge in [0.1, 0.15) is 12.2 Å². The van der Waals surface area contributed by atoms with Gasteiger partial charge in [-0.25, -0.2) is 9.59 Å². The van der Waals surface area contributed by atoms with Crippen molar-refractivity contribution in [2.75, 3.05) is 13.2 Å². The van der Waals surface area contributed by atoms with Crippen molar-refractivity contribution >= 4 is 11.9 Å². The second kappa shape index (κ2) is 5.34. The van der Waals surface area contributed by atoms with Crippen molar-refractivity contribution < 1.29 is 43.9 Å². The lowest BCUT2D eigenvalue weighted by atomic mass is 9.50. The van der Waals surface area contributed by atoms with Gasteiger partial charge in [0.2, 0.25) is 6.29 Å². The number of hydrogen-bond donors (Lipinski definition) is 3. The van der Waals surface area contributed by atoms with E-state index in [0.717, 1.165) is 0 Å². The third-order valence-electron chi connectivity index (χ3n) is 7.85. The van der Waals surface area contributed by atoms with Crippen LogP contribution in [-0.4, -0.2) is 76.8 Å². The Morgan fingerprint density at radius 3 is 2.64 bits per heavy atom. The molecular weight excluding hydrogens is 372 g/mol. The second-order valence-electron chi connectivity index (χ2n) is 8.76. The van der Waals surface area contributed by atoms with Crippen molar-refractivity contribution in [2.24, 2.45) is 22.7 Å². The molecule has 5 aliphatic rings. The van der Waals surface area contributed by atoms with Gasteiger partial charge in [0.05, 0.1) is 30.1 Å². The third-order valence-corrected chi connectivity index (χ3v) is 7.85. The van der Waals surface area contributed by atoms with Crippen LogP contribution in [-0.2, 0) is 28.5 Å². The van der Waals surface area contributed by atoms with Gasteiger partial charge in [-0.1, -0.05) is 19.1 Å². The van der Waals surface area contributed by atoms with Gasteiger partial charge in [-0.2, -0.15) is 0 Å². The van der Waals surface area contributed by atoms with E-state index in [9.17, 15) is 24.9 Å². The molecule has 4 heterocycles. The highest BCUT2D eigenvalue weighted by atomic mass is 16.7. The van der Waals surface area contributed by atoms with Gasteiger partial charge in [-0.05, 0) is 19.3 Å². The van der Waals surface area contributed by atoms with Crippen molar-refractivity contribution in [3.8, 4) is 0 Å². The van der Waals surface area contributed by atoms with Crippen LogP contribution in [0.3, 0.4) is 0 Å². The van der Waals surface area contributed by atoms with Crippen LogP contribution in [0, 0.1) is 22.7 Å². The van der Waals surface area contributed by atoms with E-state index in [2.05, 4.69) is 6.58 Å². The molecule has 2 spiro atoms. The highest BCUT2D eigenvalue weighted by molar-refractivity contribution is 5.89. The first kappa shape index (κ1) is 18.5. The summed E-state index contributed by atoms with van der Waals surface area (Å²) in [5.74, 6) is -2.61. The number of allylic oxidation sites excluding steroid dienone is 1. The number of carbonyl (C=O) groups excluding carboxylic acids is 2. The summed E-state index contributed by atoms with van der Waals surface area (Å²) in [6, 6.07) is 0. The molecule has 1 saturated carbocycles. The molecule has 0 aromatic rings. The van der Waals surface area contributed by atoms with E-state index in [4.69, 9.17) is 18.9 Å². The molecule has 10 atom stereocenters. The van der Waals surface area contributed by atoms with Gasteiger partial charge in [-0.15, -0.1) is 0 Å². The number of carbonyl (C=O) groups is 2. The second-order valence-corrected chi connectivity index (χ2v) is 8.76. The Morgan fingerprint density at radius 2 is 2.00 bits per heavy atom. The number of esters is 2. The van der Waals surface area contributed by atoms with Gasteiger partial charge < -0.3 is 34.3 Å². The van der Waals surface area contributed by atoms with Gasteiger partial charge >= 0.3 is 11.9 Å². The molecule has 9 heteroatoms. The van der Waals surface area contributed by atoms with E-state index in [-0.39, 0.29) is 13.0 Å². The third kappa shape index (κ3) is 1.51. The lowest BCUT2D eigenvalue weighted by molar-refractivity contribution is -0.205. The van der Waals surface area contributed by atoms with E-state index in [1.54, 1.807) is 13.8 Å². The number of hydrogen-bond acceptors (Lipinski definition) is 9. The zero-order valence-corrected chi connectivity index (χ0v) is 15.7. The average molecular weight is 396 g/mol. The molecule has 0 amide bonds. The monoisotopic (exact) mass is 396 g/mol. The van der Waals surface area contributed by atoms with Crippen LogP contribution in [0.1, 0.15) is 20.3 Å². The van der Waals surface area contributed by atoms with Gasteiger partial charge in [0, 0.05) is 5.92 Å². The van der Waals surface area contributed by atoms with Crippen molar-refractivity contribution in [1.29, 1.82) is 0 Å². The molecule has 1 aliphatic carbocycles. The molecular formula is C19H24O9. The minimum atomic E-state index is -1.67. The van der Waals surface area contributed by atoms with Crippen LogP contribution in [0.2, 0.25) is 0 Å². The minimum Gasteiger partial charge on any atom is -0.459 e. The smallest absolute Gasteiger partial charge is 0.340 e. The van der Waals surface area contributed by atoms with E-state index < -0.39 is 77.5 Å². The lowest BCUT2D eigenvalue weighted by Crippen LogP contribution is -2.67. The highest BCUT2D eigenvalue weighted by Crippen LogP contribution is 2.79. The molecule has 4 saturated heterocycles. The zero-order chi connectivity index (χ0) is 20.2. The Bertz CT molecular complexity index is 781. The van der Waals surface area contributed by atoms with Crippen LogP contribution in [0.4, 0.5) is 0 Å². The molecule has 28 heavy (non-hydrogen) atoms. The number of rotatable bonds is 2. The number of aliphatic hydroxyl groups excluding tert-OH is 3. The summed E-state index contributed by atoms with van der Waals surface area (Å²) < 4.78 is 23.0. The van der Waals surface area contributed by atoms with Crippen molar-refractivity contribution in [3.63, 3.8) is 0 Å². The molecule has 154 valence electrons. The maximum absolute atomic E-state index is 13.2. The van der Waals surface area contributed by atoms with Gasteiger partial charge in [0.25, 0.3) is 0 Å². The van der Waals surface area contributed by atoms with Crippen LogP contribution >= 0.6 is 0 Å². The summed E-state index contributed by atoms with van der Waals surface area (Å²) >= 11 is 0. The quantitative estimate of drug-likeness (QED) is 0.392. The largest absolute Gasteiger partial charge is 0.459 e. The van der Waals surface area contributed by atoms with Crippen molar-refractivity contribution in [1.82, 2.24) is 0 Å². The van der Waals surface area contributed by atoms with Crippen LogP contribution in [0.5, 0.6) is 0 Å². The van der Waals surface area contributed by atoms with Gasteiger partial charge in [0.15, 0.2) is 11.7 Å². The fourth-order valence-electron chi connectivity index (χ4n) is 6.98. The summed E-state index contributed by atoms with van der Waals surface area (Å²) in [6.07, 6.45) is -5.92. The standard InChI is InChI=1S/C19H24O9/c1-7(2)9-4-11-18-12(21)10(5-20)25-6-8(3)19(18,15(24)26-11)28-16-17(9,18)13(22)14(23)27-16/h8-13,16,20-22H,1,4-6H2,2-3H3/t8-,9+,10?,11?,12+,13+,16?,17?,18?,19?/m1/s1. The maximum Gasteiger partial charge on any atom is 0.340 e. The lowest BCUT2D eigenvalue weighted by Gasteiger charge is -2.48. The van der Waals surface area contributed by atoms with Crippen LogP contribution in [0.15, 0.2) is 12.2 Å². The molecule has 9 nitrogen and oxygen atoms in total. The molecule has 4 aliphatic heterocycles. The Balaban J connectivity index is 1.87. The number of ether oxygens (including phenoxy) is 4. The van der Waals surface area contributed by atoms with Crippen molar-refractivity contribution in [2.45, 2.75) is 56.6 Å². The fraction of sp³-hybridized carbons (Fsp3) is 0.789. The van der Waals surface area contributed by atoms with E-state index >= 15 is 0 Å². The molecule has 5 rings (SSSR count). The molecule has 0 aromatic carbocycles. The minimum absolute atomic E-state index is 0.0242. The first-order chi connectivity index (χ1) is 13.2. The predicted molar refractivity (Wildman–Crippen MR) is 89.4 cm³/mol. The molecule has 5 fully saturated rings. The molecule has 0 aromatic heterocycles. The maximum atomic E-state index is 13.2. The molecule has 3 N–H and O–H groups in total. The Morgan fingerprint density at radius 1 is 1.29 bits per heavy atom. The van der Waals surface area contributed by atoms with E-state index in [1.807, 2.05) is 0 Å². The summed E-state index contributed by atoms with van der Waals surface area (Å²) in [5, 5.41) is 32.5. The highest BCUT2D eigenvalue weighted by Gasteiger charge is 2.95. The van der Waals surface area contributed by atoms with Gasteiger partial charge in [-0.3, -0.25) is 0 Å². The average Bonchev–Trinajstić information content (AvgIpc) is 3.24. The summed E-state index contributed by atoms with van der Waals surface area (Å²) in [6.45, 7) is 7.03. The Labute approximate surface area is 161 Å². The Hall–Kier alpha value is -1.52. The first-order valence-corrected chi connectivity index (χ1v) is 9.54. The normalized spacial score (nSPS) is 56.5. The topological polar surface area (TPSA) is 132 Å². The summed E-state index contributed by atoms with van der Waals surface area (Å²) in [7, 11) is 0. The predicted octanol–water partition coefficient (Wildman–Crippen LogP) is -1.12. The Kier molecular flexibility index (Phi) is 3.53. The van der Waals surface area contributed by atoms with E-state index in [0.29, 0.717) is 5.57 Å². The molecule has 6 unspecified atom stereocenters. The SMILES string of the molecule is C=C(C)[C@@H]1CC2OC(=O)C34OC5OC(=O)[C@H](O)C51C23[C@@H](O)C(CO)OC[C@H]4C. The molecule has 0 bridgehead atoms. The van der Waals surface area contributed by atoms with E-state index in [1.165, 1.54) is 0 Å².